The van der Waals surface area contributed by atoms with Crippen LogP contribution in [0, 0.1) is 18.8 Å². The zero-order valence-corrected chi connectivity index (χ0v) is 29.3. The molecule has 3 saturated heterocycles. The zero-order valence-electron chi connectivity index (χ0n) is 26.9. The number of aryl methyl sites for hydroxylation is 1. The maximum atomic E-state index is 12.2. The van der Waals surface area contributed by atoms with Crippen LogP contribution in [0.2, 0.25) is 0 Å². The molecular weight excluding hydrogens is 684 g/mol. The van der Waals surface area contributed by atoms with Crippen molar-refractivity contribution in [3.63, 3.8) is 0 Å². The minimum Gasteiger partial charge on any atom is -0.494 e. The van der Waals surface area contributed by atoms with Crippen LogP contribution in [0.15, 0.2) is 47.3 Å². The quantitative estimate of drug-likeness (QED) is 0.225. The van der Waals surface area contributed by atoms with Gasteiger partial charge in [0.1, 0.15) is 17.1 Å². The van der Waals surface area contributed by atoms with Crippen LogP contribution in [-0.4, -0.2) is 104 Å². The number of nitrogens with zero attached hydrogens (tertiary/aromatic N) is 7. The Bertz CT molecular complexity index is 1910. The van der Waals surface area contributed by atoms with Crippen LogP contribution in [0.1, 0.15) is 12.0 Å². The molecule has 0 amide bonds. The average Bonchev–Trinajstić information content (AvgIpc) is 3.04. The molecule has 4 aliphatic rings. The summed E-state index contributed by atoms with van der Waals surface area (Å²) in [6.45, 7) is 8.91. The second-order valence-corrected chi connectivity index (χ2v) is 15.4. The van der Waals surface area contributed by atoms with Gasteiger partial charge in [-0.2, -0.15) is 4.98 Å². The van der Waals surface area contributed by atoms with E-state index in [-0.39, 0.29) is 5.69 Å². The lowest BCUT2D eigenvalue weighted by atomic mass is 9.65. The molecule has 3 aliphatic heterocycles. The van der Waals surface area contributed by atoms with Gasteiger partial charge in [0.05, 0.1) is 40.4 Å². The number of anilines is 6. The Morgan fingerprint density at radius 3 is 2.45 bits per heavy atom. The highest BCUT2D eigenvalue weighted by atomic mass is 79.9. The number of piperazine rings is 1. The number of rotatable bonds is 9. The molecule has 3 atom stereocenters. The highest BCUT2D eigenvalue weighted by molar-refractivity contribution is 9.10. The lowest BCUT2D eigenvalue weighted by Crippen LogP contribution is -2.66. The van der Waals surface area contributed by atoms with Gasteiger partial charge in [-0.05, 0) is 71.9 Å². The molecule has 1 saturated carbocycles. The molecule has 15 heteroatoms. The van der Waals surface area contributed by atoms with Gasteiger partial charge in [-0.1, -0.05) is 0 Å². The van der Waals surface area contributed by atoms with Crippen molar-refractivity contribution >= 4 is 71.5 Å². The molecule has 1 aliphatic carbocycles. The maximum absolute atomic E-state index is 12.2. The molecule has 0 radical (unpaired) electrons. The van der Waals surface area contributed by atoms with E-state index in [4.69, 9.17) is 9.72 Å². The zero-order chi connectivity index (χ0) is 32.9. The number of nitrogens with one attached hydrogen (secondary N) is 3. The molecule has 0 unspecified atom stereocenters. The first-order valence-corrected chi connectivity index (χ1v) is 18.4. The standard InChI is InChI=1S/C32H39BrN10O3S/c1-19-13-25(27(46-3)15-26(19)43-17-20-14-21(18-43)30(20)42-11-9-41(2)10-12-42)38-32-36-16-22(33)31(39-32)37-24-6-5-23-28(35-8-7-34-23)29(24)40-47(4,44)45/h5-8,13,15-16,20-21,30,40H,9-12,14,17-18H2,1-4H3,(H2,36,37,38,39)/t20-,21+,30+. The predicted octanol–water partition coefficient (Wildman–Crippen LogP) is 4.43. The largest absolute Gasteiger partial charge is 0.494 e. The van der Waals surface area contributed by atoms with Gasteiger partial charge in [0, 0.05) is 75.7 Å². The summed E-state index contributed by atoms with van der Waals surface area (Å²) in [5.41, 5.74) is 4.79. The molecule has 13 nitrogen and oxygen atoms in total. The van der Waals surface area contributed by atoms with Crippen molar-refractivity contribution in [2.45, 2.75) is 19.4 Å². The van der Waals surface area contributed by atoms with E-state index in [0.29, 0.717) is 56.6 Å². The van der Waals surface area contributed by atoms with Crippen LogP contribution in [0.25, 0.3) is 11.0 Å². The topological polar surface area (TPSA) is 141 Å². The van der Waals surface area contributed by atoms with E-state index in [2.05, 4.69) is 87.0 Å². The summed E-state index contributed by atoms with van der Waals surface area (Å²) in [5.74, 6) is 2.87. The van der Waals surface area contributed by atoms with Gasteiger partial charge in [0.15, 0.2) is 0 Å². The van der Waals surface area contributed by atoms with Crippen molar-refractivity contribution in [3.8, 4) is 5.75 Å². The SMILES string of the molecule is COc1cc(N2C[C@H]3C[C@@H](C2)[C@H]3N2CCN(C)CC2)c(C)cc1Nc1ncc(Br)c(Nc2ccc3nccnc3c2NS(C)(=O)=O)n1. The Morgan fingerprint density at radius 2 is 1.72 bits per heavy atom. The second kappa shape index (κ2) is 12.7. The van der Waals surface area contributed by atoms with Crippen LogP contribution in [0.3, 0.4) is 0 Å². The number of fused-ring (bicyclic) bond motifs is 3. The van der Waals surface area contributed by atoms with E-state index < -0.39 is 10.0 Å². The molecule has 8 rings (SSSR count). The fraction of sp³-hybridized carbons (Fsp3) is 0.438. The molecular formula is C32H39BrN10O3S. The molecule has 47 heavy (non-hydrogen) atoms. The summed E-state index contributed by atoms with van der Waals surface area (Å²) in [4.78, 5) is 25.5. The number of likely N-dealkylation sites (N-methyl/N-ethyl adjacent to an activating group) is 1. The average molecular weight is 724 g/mol. The Hall–Kier alpha value is -3.79. The predicted molar refractivity (Wildman–Crippen MR) is 189 cm³/mol. The van der Waals surface area contributed by atoms with Gasteiger partial charge >= 0.3 is 0 Å². The van der Waals surface area contributed by atoms with Crippen LogP contribution in [-0.2, 0) is 10.0 Å². The number of sulfonamides is 1. The molecule has 248 valence electrons. The number of hydrogen-bond acceptors (Lipinski definition) is 12. The van der Waals surface area contributed by atoms with E-state index >= 15 is 0 Å². The fourth-order valence-electron chi connectivity index (χ4n) is 7.25. The van der Waals surface area contributed by atoms with E-state index in [9.17, 15) is 8.42 Å². The first-order valence-electron chi connectivity index (χ1n) is 15.7. The number of ether oxygens (including phenoxy) is 1. The summed E-state index contributed by atoms with van der Waals surface area (Å²) in [5, 5.41) is 6.57. The molecule has 5 heterocycles. The number of benzene rings is 2. The Balaban J connectivity index is 1.10. The summed E-state index contributed by atoms with van der Waals surface area (Å²) < 4.78 is 33.5. The smallest absolute Gasteiger partial charge is 0.229 e. The summed E-state index contributed by atoms with van der Waals surface area (Å²) in [7, 11) is 0.275. The monoisotopic (exact) mass is 722 g/mol. The fourth-order valence-corrected chi connectivity index (χ4v) is 8.12. The van der Waals surface area contributed by atoms with Crippen molar-refractivity contribution in [1.82, 2.24) is 29.7 Å². The summed E-state index contributed by atoms with van der Waals surface area (Å²) in [6.07, 6.45) is 7.11. The first-order chi connectivity index (χ1) is 22.6. The van der Waals surface area contributed by atoms with Crippen molar-refractivity contribution < 1.29 is 13.2 Å². The van der Waals surface area contributed by atoms with Crippen LogP contribution >= 0.6 is 15.9 Å². The third-order valence-corrected chi connectivity index (χ3v) is 10.6. The van der Waals surface area contributed by atoms with E-state index in [0.717, 1.165) is 43.7 Å². The Kier molecular flexibility index (Phi) is 8.57. The molecule has 2 aromatic heterocycles. The molecule has 3 N–H and O–H groups in total. The van der Waals surface area contributed by atoms with Gasteiger partial charge in [-0.15, -0.1) is 0 Å². The number of hydrogen-bond donors (Lipinski definition) is 3. The lowest BCUT2D eigenvalue weighted by Gasteiger charge is -2.59. The van der Waals surface area contributed by atoms with Crippen LogP contribution < -0.4 is 25.0 Å². The normalized spacial score (nSPS) is 21.7. The van der Waals surface area contributed by atoms with E-state index in [1.165, 1.54) is 31.4 Å². The maximum Gasteiger partial charge on any atom is 0.229 e. The third kappa shape index (κ3) is 6.53. The van der Waals surface area contributed by atoms with Crippen molar-refractivity contribution in [2.24, 2.45) is 11.8 Å². The number of piperidine rings is 2. The van der Waals surface area contributed by atoms with Crippen LogP contribution in [0.5, 0.6) is 5.75 Å². The number of aromatic nitrogens is 4. The van der Waals surface area contributed by atoms with Gasteiger partial charge < -0.3 is 25.2 Å². The summed E-state index contributed by atoms with van der Waals surface area (Å²) >= 11 is 3.53. The van der Waals surface area contributed by atoms with E-state index in [1.54, 1.807) is 31.6 Å². The molecule has 4 fully saturated rings. The first kappa shape index (κ1) is 31.8. The van der Waals surface area contributed by atoms with Crippen molar-refractivity contribution in [1.29, 1.82) is 0 Å². The number of methoxy groups -OCH3 is 1. The van der Waals surface area contributed by atoms with Crippen molar-refractivity contribution in [2.75, 3.05) is 79.9 Å². The minimum atomic E-state index is -3.61. The van der Waals surface area contributed by atoms with Crippen LogP contribution in [0.4, 0.5) is 34.5 Å². The molecule has 4 aromatic rings. The van der Waals surface area contributed by atoms with Gasteiger partial charge in [-0.3, -0.25) is 19.6 Å². The lowest BCUT2D eigenvalue weighted by molar-refractivity contribution is -0.0346. The molecule has 0 spiro atoms. The highest BCUT2D eigenvalue weighted by Crippen LogP contribution is 2.46. The van der Waals surface area contributed by atoms with Gasteiger partial charge in [0.2, 0.25) is 16.0 Å². The van der Waals surface area contributed by atoms with Gasteiger partial charge in [-0.25, -0.2) is 13.4 Å². The Labute approximate surface area is 283 Å². The number of halogens is 1. The van der Waals surface area contributed by atoms with E-state index in [1.807, 2.05) is 0 Å². The molecule has 2 aromatic carbocycles. The highest BCUT2D eigenvalue weighted by Gasteiger charge is 2.49. The van der Waals surface area contributed by atoms with Crippen molar-refractivity contribution in [3.05, 3.63) is 52.9 Å². The second-order valence-electron chi connectivity index (χ2n) is 12.8. The molecule has 2 bridgehead atoms. The third-order valence-electron chi connectivity index (χ3n) is 9.47. The summed E-state index contributed by atoms with van der Waals surface area (Å²) in [6, 6.07) is 8.40. The van der Waals surface area contributed by atoms with Gasteiger partial charge in [0.25, 0.3) is 0 Å². The Morgan fingerprint density at radius 1 is 0.979 bits per heavy atom. The minimum absolute atomic E-state index is 0.274.